The van der Waals surface area contributed by atoms with Crippen LogP contribution in [0, 0.1) is 11.8 Å². The highest BCUT2D eigenvalue weighted by molar-refractivity contribution is 5.66. The molecule has 2 saturated heterocycles. The molecule has 0 aromatic carbocycles. The average molecular weight is 280 g/mol. The molecule has 4 atom stereocenters. The topological polar surface area (TPSA) is 63.6 Å². The van der Waals surface area contributed by atoms with Crippen LogP contribution in [-0.2, 0) is 14.3 Å². The minimum Gasteiger partial charge on any atom is -0.481 e. The van der Waals surface area contributed by atoms with Crippen molar-refractivity contribution in [3.63, 3.8) is 0 Å². The lowest BCUT2D eigenvalue weighted by Crippen LogP contribution is -2.26. The summed E-state index contributed by atoms with van der Waals surface area (Å²) in [4.78, 5) is 21.0. The summed E-state index contributed by atoms with van der Waals surface area (Å²) in [6.07, 6.45) is 12.7. The van der Waals surface area contributed by atoms with E-state index in [2.05, 4.69) is 12.2 Å². The molecule has 2 bridgehead atoms. The summed E-state index contributed by atoms with van der Waals surface area (Å²) in [7, 11) is 0. The number of unbranched alkanes of at least 4 members (excludes halogenated alkanes) is 1. The molecule has 112 valence electrons. The number of hydrogen-bond donors (Lipinski definition) is 1. The zero-order valence-corrected chi connectivity index (χ0v) is 11.9. The third-order valence-corrected chi connectivity index (χ3v) is 4.54. The first-order valence-electron chi connectivity index (χ1n) is 7.68. The van der Waals surface area contributed by atoms with Crippen molar-refractivity contribution in [1.29, 1.82) is 0 Å². The minimum absolute atomic E-state index is 0.240. The third kappa shape index (κ3) is 3.92. The summed E-state index contributed by atoms with van der Waals surface area (Å²) >= 11 is 0. The number of carbonyl (C=O) groups excluding carboxylic acids is 1. The quantitative estimate of drug-likeness (QED) is 0.400. The van der Waals surface area contributed by atoms with Gasteiger partial charge >= 0.3 is 5.97 Å². The van der Waals surface area contributed by atoms with Crippen LogP contribution in [0.1, 0.15) is 51.4 Å². The van der Waals surface area contributed by atoms with Crippen LogP contribution >= 0.6 is 0 Å². The molecule has 1 N–H and O–H groups in total. The van der Waals surface area contributed by atoms with Crippen molar-refractivity contribution in [3.05, 3.63) is 12.2 Å². The number of aldehydes is 1. The summed E-state index contributed by atoms with van der Waals surface area (Å²) in [5.41, 5.74) is 0. The molecule has 0 unspecified atom stereocenters. The van der Waals surface area contributed by atoms with E-state index in [1.54, 1.807) is 0 Å². The van der Waals surface area contributed by atoms with Crippen molar-refractivity contribution >= 4 is 12.3 Å². The average Bonchev–Trinajstić information content (AvgIpc) is 3.01. The molecule has 0 aromatic rings. The number of carbonyl (C=O) groups is 2. The Kier molecular flexibility index (Phi) is 5.77. The fourth-order valence-electron chi connectivity index (χ4n) is 3.60. The second kappa shape index (κ2) is 7.58. The molecule has 2 heterocycles. The van der Waals surface area contributed by atoms with Gasteiger partial charge in [0.2, 0.25) is 0 Å². The minimum atomic E-state index is -0.728. The highest BCUT2D eigenvalue weighted by Crippen LogP contribution is 2.46. The fraction of sp³-hybridized carbons (Fsp3) is 0.750. The van der Waals surface area contributed by atoms with Gasteiger partial charge in [-0.1, -0.05) is 12.2 Å². The predicted molar refractivity (Wildman–Crippen MR) is 75.4 cm³/mol. The Bertz CT molecular complexity index is 363. The summed E-state index contributed by atoms with van der Waals surface area (Å²) in [5, 5.41) is 8.56. The zero-order chi connectivity index (χ0) is 14.4. The molecule has 2 aliphatic rings. The number of aliphatic carboxylic acids is 1. The molecule has 20 heavy (non-hydrogen) atoms. The van der Waals surface area contributed by atoms with Gasteiger partial charge in [-0.15, -0.1) is 0 Å². The van der Waals surface area contributed by atoms with Crippen LogP contribution in [-0.4, -0.2) is 29.6 Å². The number of rotatable bonds is 9. The van der Waals surface area contributed by atoms with E-state index in [0.29, 0.717) is 36.9 Å². The van der Waals surface area contributed by atoms with Gasteiger partial charge in [0.1, 0.15) is 6.29 Å². The van der Waals surface area contributed by atoms with Gasteiger partial charge < -0.3 is 14.6 Å². The third-order valence-electron chi connectivity index (χ3n) is 4.54. The van der Waals surface area contributed by atoms with Gasteiger partial charge in [0.15, 0.2) is 0 Å². The Hall–Kier alpha value is -1.16. The predicted octanol–water partition coefficient (Wildman–Crippen LogP) is 2.96. The Morgan fingerprint density at radius 2 is 1.90 bits per heavy atom. The highest BCUT2D eigenvalue weighted by atomic mass is 16.5. The van der Waals surface area contributed by atoms with Crippen LogP contribution in [0.15, 0.2) is 12.2 Å². The molecule has 4 nitrogen and oxygen atoms in total. The van der Waals surface area contributed by atoms with Crippen molar-refractivity contribution in [2.75, 3.05) is 0 Å². The second-order valence-electron chi connectivity index (χ2n) is 5.86. The molecule has 0 aliphatic carbocycles. The maximum atomic E-state index is 10.6. The Morgan fingerprint density at radius 1 is 1.15 bits per heavy atom. The van der Waals surface area contributed by atoms with Crippen molar-refractivity contribution in [2.45, 2.75) is 63.6 Å². The molecule has 0 amide bonds. The normalized spacial score (nSPS) is 32.0. The van der Waals surface area contributed by atoms with E-state index < -0.39 is 5.97 Å². The highest BCUT2D eigenvalue weighted by Gasteiger charge is 2.47. The standard InChI is InChI=1S/C16H24O4/c17-11-5-7-13-12(14-9-10-15(13)20-14)6-3-1-2-4-8-16(18)19/h1,3,11-15H,2,4-10H2,(H,18,19)/t12-,13+,14-,15+/m0/s1. The number of allylic oxidation sites excluding steroid dienone is 2. The van der Waals surface area contributed by atoms with Crippen molar-refractivity contribution in [3.8, 4) is 0 Å². The van der Waals surface area contributed by atoms with E-state index in [4.69, 9.17) is 9.84 Å². The SMILES string of the molecule is O=CCC[C@@H]1[C@H](CC=CCCCC(=O)O)[C@@H]2CC[C@H]1O2. The van der Waals surface area contributed by atoms with Gasteiger partial charge in [-0.25, -0.2) is 0 Å². The lowest BCUT2D eigenvalue weighted by atomic mass is 9.75. The van der Waals surface area contributed by atoms with Gasteiger partial charge in [-0.2, -0.15) is 0 Å². The van der Waals surface area contributed by atoms with E-state index in [-0.39, 0.29) is 6.42 Å². The van der Waals surface area contributed by atoms with E-state index in [1.807, 2.05) is 0 Å². The lowest BCUT2D eigenvalue weighted by Gasteiger charge is -2.26. The van der Waals surface area contributed by atoms with Gasteiger partial charge in [0.25, 0.3) is 0 Å². The van der Waals surface area contributed by atoms with E-state index in [9.17, 15) is 9.59 Å². The van der Waals surface area contributed by atoms with Gasteiger partial charge in [-0.05, 0) is 50.4 Å². The van der Waals surface area contributed by atoms with E-state index >= 15 is 0 Å². The molecule has 2 rings (SSSR count). The molecule has 2 fully saturated rings. The van der Waals surface area contributed by atoms with Crippen LogP contribution in [0.5, 0.6) is 0 Å². The first-order valence-corrected chi connectivity index (χ1v) is 7.68. The summed E-state index contributed by atoms with van der Waals surface area (Å²) in [6, 6.07) is 0. The summed E-state index contributed by atoms with van der Waals surface area (Å²) in [5.74, 6) is 0.348. The summed E-state index contributed by atoms with van der Waals surface area (Å²) in [6.45, 7) is 0. The largest absolute Gasteiger partial charge is 0.481 e. The zero-order valence-electron chi connectivity index (χ0n) is 11.9. The first kappa shape index (κ1) is 15.2. The van der Waals surface area contributed by atoms with Crippen LogP contribution in [0.3, 0.4) is 0 Å². The van der Waals surface area contributed by atoms with Crippen molar-refractivity contribution in [1.82, 2.24) is 0 Å². The number of carboxylic acids is 1. The number of ether oxygens (including phenoxy) is 1. The Balaban J connectivity index is 1.74. The van der Waals surface area contributed by atoms with Gasteiger partial charge in [0.05, 0.1) is 12.2 Å². The smallest absolute Gasteiger partial charge is 0.303 e. The number of hydrogen-bond acceptors (Lipinski definition) is 3. The molecule has 0 saturated carbocycles. The Morgan fingerprint density at radius 3 is 2.60 bits per heavy atom. The van der Waals surface area contributed by atoms with Crippen molar-refractivity contribution < 1.29 is 19.4 Å². The van der Waals surface area contributed by atoms with Crippen LogP contribution in [0.2, 0.25) is 0 Å². The number of fused-ring (bicyclic) bond motifs is 2. The molecule has 0 radical (unpaired) electrons. The van der Waals surface area contributed by atoms with Crippen molar-refractivity contribution in [2.24, 2.45) is 11.8 Å². The van der Waals surface area contributed by atoms with Crippen LogP contribution in [0.4, 0.5) is 0 Å². The van der Waals surface area contributed by atoms with E-state index in [0.717, 1.165) is 38.4 Å². The van der Waals surface area contributed by atoms with Gasteiger partial charge in [0, 0.05) is 12.8 Å². The Labute approximate surface area is 120 Å². The van der Waals surface area contributed by atoms with E-state index in [1.165, 1.54) is 0 Å². The maximum absolute atomic E-state index is 10.6. The molecule has 4 heteroatoms. The second-order valence-corrected chi connectivity index (χ2v) is 5.86. The molecule has 0 spiro atoms. The first-order chi connectivity index (χ1) is 9.72. The molecule has 2 aliphatic heterocycles. The lowest BCUT2D eigenvalue weighted by molar-refractivity contribution is -0.137. The maximum Gasteiger partial charge on any atom is 0.303 e. The molecular formula is C16H24O4. The summed E-state index contributed by atoms with van der Waals surface area (Å²) < 4.78 is 5.98. The molecule has 0 aromatic heterocycles. The molecular weight excluding hydrogens is 256 g/mol. The van der Waals surface area contributed by atoms with Crippen LogP contribution in [0.25, 0.3) is 0 Å². The van der Waals surface area contributed by atoms with Gasteiger partial charge in [-0.3, -0.25) is 4.79 Å². The monoisotopic (exact) mass is 280 g/mol. The van der Waals surface area contributed by atoms with Crippen LogP contribution < -0.4 is 0 Å². The number of carboxylic acid groups (broad SMARTS) is 1. The fourth-order valence-corrected chi connectivity index (χ4v) is 3.60.